The lowest BCUT2D eigenvalue weighted by molar-refractivity contribution is -0.138. The molecule has 1 saturated heterocycles. The van der Waals surface area contributed by atoms with Crippen molar-refractivity contribution in [2.24, 2.45) is 10.2 Å². The lowest BCUT2D eigenvalue weighted by Gasteiger charge is -2.02. The Morgan fingerprint density at radius 2 is 2.32 bits per heavy atom. The summed E-state index contributed by atoms with van der Waals surface area (Å²) in [5, 5.41) is 19.4. The van der Waals surface area contributed by atoms with Gasteiger partial charge in [-0.15, -0.1) is 5.10 Å². The fourth-order valence-corrected chi connectivity index (χ4v) is 3.00. The number of amides is 1. The number of hydrogen-bond donors (Lipinski definition) is 2. The zero-order valence-corrected chi connectivity index (χ0v) is 13.3. The van der Waals surface area contributed by atoms with Crippen LogP contribution in [0.5, 0.6) is 0 Å². The van der Waals surface area contributed by atoms with E-state index in [1.165, 1.54) is 0 Å². The number of rotatable bonds is 5. The summed E-state index contributed by atoms with van der Waals surface area (Å²) in [6.45, 7) is 2.01. The van der Waals surface area contributed by atoms with Gasteiger partial charge in [-0.3, -0.25) is 9.59 Å². The minimum Gasteiger partial charge on any atom is -0.481 e. The summed E-state index contributed by atoms with van der Waals surface area (Å²) in [5.41, 5.74) is 1.94. The Hall–Kier alpha value is -1.86. The van der Waals surface area contributed by atoms with Crippen molar-refractivity contribution in [3.05, 3.63) is 34.3 Å². The Morgan fingerprint density at radius 3 is 3.00 bits per heavy atom. The summed E-state index contributed by atoms with van der Waals surface area (Å²) < 4.78 is 0. The molecule has 0 aliphatic carbocycles. The molecule has 116 valence electrons. The van der Waals surface area contributed by atoms with Gasteiger partial charge in [0.05, 0.1) is 12.6 Å². The van der Waals surface area contributed by atoms with Crippen LogP contribution in [-0.4, -0.2) is 33.6 Å². The van der Waals surface area contributed by atoms with Crippen molar-refractivity contribution in [1.29, 1.82) is 0 Å². The summed E-state index contributed by atoms with van der Waals surface area (Å²) in [5.74, 6) is -1.38. The average molecular weight is 340 g/mol. The molecule has 0 radical (unpaired) electrons. The number of halogens is 1. The number of aryl methyl sites for hydroxylation is 1. The van der Waals surface area contributed by atoms with Crippen molar-refractivity contribution < 1.29 is 14.7 Å². The van der Waals surface area contributed by atoms with Crippen molar-refractivity contribution >= 4 is 46.6 Å². The molecular weight excluding hydrogens is 326 g/mol. The van der Waals surface area contributed by atoms with E-state index < -0.39 is 11.2 Å². The standard InChI is InChI=1S/C14H14ClN3O3S/c1-2-8-5-10(15)4-3-9(8)7-16-18-14-17-13(21)11(22-14)6-12(19)20/h3-5,7,11H,2,6H2,1H3,(H,19,20)(H,17,18,21). The third-order valence-corrected chi connectivity index (χ3v) is 4.28. The Balaban J connectivity index is 2.06. The average Bonchev–Trinajstić information content (AvgIpc) is 2.80. The third kappa shape index (κ3) is 4.32. The van der Waals surface area contributed by atoms with Crippen LogP contribution in [0.25, 0.3) is 0 Å². The SMILES string of the molecule is CCc1cc(Cl)ccc1C=NN=C1NC(=O)C(CC(=O)O)S1. The maximum atomic E-state index is 11.5. The number of carbonyl (C=O) groups is 2. The molecule has 1 aromatic rings. The predicted octanol–water partition coefficient (Wildman–Crippen LogP) is 2.30. The van der Waals surface area contributed by atoms with Crippen LogP contribution in [0.4, 0.5) is 0 Å². The summed E-state index contributed by atoms with van der Waals surface area (Å²) in [6.07, 6.45) is 2.15. The number of hydrogen-bond acceptors (Lipinski definition) is 5. The van der Waals surface area contributed by atoms with Gasteiger partial charge >= 0.3 is 5.97 Å². The highest BCUT2D eigenvalue weighted by Gasteiger charge is 2.32. The Morgan fingerprint density at radius 1 is 1.55 bits per heavy atom. The highest BCUT2D eigenvalue weighted by molar-refractivity contribution is 8.15. The van der Waals surface area contributed by atoms with Crippen LogP contribution in [0, 0.1) is 0 Å². The molecule has 1 amide bonds. The molecule has 0 bridgehead atoms. The third-order valence-electron chi connectivity index (χ3n) is 2.97. The van der Waals surface area contributed by atoms with Gasteiger partial charge in [-0.2, -0.15) is 5.10 Å². The summed E-state index contributed by atoms with van der Waals surface area (Å²) in [7, 11) is 0. The normalized spacial score (nSPS) is 19.8. The second kappa shape index (κ2) is 7.42. The van der Waals surface area contributed by atoms with Crippen LogP contribution in [0.15, 0.2) is 28.4 Å². The number of nitrogens with zero attached hydrogens (tertiary/aromatic N) is 2. The maximum absolute atomic E-state index is 11.5. The topological polar surface area (TPSA) is 91.1 Å². The molecule has 0 aromatic heterocycles. The minimum atomic E-state index is -1.02. The molecule has 22 heavy (non-hydrogen) atoms. The largest absolute Gasteiger partial charge is 0.481 e. The number of carboxylic acids is 1. The van der Waals surface area contributed by atoms with Gasteiger partial charge in [-0.1, -0.05) is 36.4 Å². The first-order valence-electron chi connectivity index (χ1n) is 6.58. The molecule has 6 nitrogen and oxygen atoms in total. The van der Waals surface area contributed by atoms with Gasteiger partial charge in [-0.05, 0) is 29.7 Å². The second-order valence-electron chi connectivity index (χ2n) is 4.54. The molecule has 1 fully saturated rings. The predicted molar refractivity (Wildman–Crippen MR) is 87.6 cm³/mol. The van der Waals surface area contributed by atoms with E-state index in [1.807, 2.05) is 19.1 Å². The van der Waals surface area contributed by atoms with Crippen molar-refractivity contribution in [1.82, 2.24) is 5.32 Å². The highest BCUT2D eigenvalue weighted by atomic mass is 35.5. The molecule has 2 rings (SSSR count). The molecular formula is C14H14ClN3O3S. The van der Waals surface area contributed by atoms with E-state index in [-0.39, 0.29) is 12.3 Å². The molecule has 1 aliphatic heterocycles. The zero-order chi connectivity index (χ0) is 16.1. The monoisotopic (exact) mass is 339 g/mol. The second-order valence-corrected chi connectivity index (χ2v) is 6.17. The quantitative estimate of drug-likeness (QED) is 0.636. The van der Waals surface area contributed by atoms with Crippen LogP contribution in [0.1, 0.15) is 24.5 Å². The number of carboxylic acid groups (broad SMARTS) is 1. The van der Waals surface area contributed by atoms with Gasteiger partial charge in [0.1, 0.15) is 5.25 Å². The van der Waals surface area contributed by atoms with E-state index in [4.69, 9.17) is 16.7 Å². The molecule has 1 aliphatic rings. The fraction of sp³-hybridized carbons (Fsp3) is 0.286. The number of nitrogens with one attached hydrogen (secondary N) is 1. The lowest BCUT2D eigenvalue weighted by Crippen LogP contribution is -2.26. The zero-order valence-electron chi connectivity index (χ0n) is 11.7. The van der Waals surface area contributed by atoms with Crippen molar-refractivity contribution in [3.8, 4) is 0 Å². The first kappa shape index (κ1) is 16.5. The van der Waals surface area contributed by atoms with Gasteiger partial charge in [0.2, 0.25) is 5.91 Å². The van der Waals surface area contributed by atoms with Gasteiger partial charge in [0.25, 0.3) is 0 Å². The number of benzene rings is 1. The Bertz CT molecular complexity index is 661. The lowest BCUT2D eigenvalue weighted by atomic mass is 10.1. The molecule has 0 saturated carbocycles. The van der Waals surface area contributed by atoms with Crippen molar-refractivity contribution in [3.63, 3.8) is 0 Å². The van der Waals surface area contributed by atoms with Crippen LogP contribution in [0.2, 0.25) is 5.02 Å². The van der Waals surface area contributed by atoms with E-state index in [2.05, 4.69) is 15.5 Å². The van der Waals surface area contributed by atoms with Crippen LogP contribution < -0.4 is 5.32 Å². The first-order valence-corrected chi connectivity index (χ1v) is 7.84. The first-order chi connectivity index (χ1) is 10.5. The number of aliphatic carboxylic acids is 1. The van der Waals surface area contributed by atoms with Gasteiger partial charge in [0, 0.05) is 5.02 Å². The van der Waals surface area contributed by atoms with Gasteiger partial charge in [-0.25, -0.2) is 0 Å². The number of thioether (sulfide) groups is 1. The molecule has 2 N–H and O–H groups in total. The summed E-state index contributed by atoms with van der Waals surface area (Å²) in [4.78, 5) is 22.2. The van der Waals surface area contributed by atoms with Gasteiger partial charge in [0.15, 0.2) is 5.17 Å². The highest BCUT2D eigenvalue weighted by Crippen LogP contribution is 2.22. The molecule has 1 unspecified atom stereocenters. The maximum Gasteiger partial charge on any atom is 0.305 e. The van der Waals surface area contributed by atoms with E-state index >= 15 is 0 Å². The molecule has 8 heteroatoms. The number of carbonyl (C=O) groups excluding carboxylic acids is 1. The van der Waals surface area contributed by atoms with Crippen molar-refractivity contribution in [2.45, 2.75) is 25.0 Å². The van der Waals surface area contributed by atoms with E-state index in [0.29, 0.717) is 10.2 Å². The molecule has 1 atom stereocenters. The van der Waals surface area contributed by atoms with Crippen LogP contribution in [0.3, 0.4) is 0 Å². The summed E-state index contributed by atoms with van der Waals surface area (Å²) >= 11 is 7.00. The van der Waals surface area contributed by atoms with Gasteiger partial charge < -0.3 is 10.4 Å². The molecule has 0 spiro atoms. The smallest absolute Gasteiger partial charge is 0.305 e. The van der Waals surface area contributed by atoms with E-state index in [1.54, 1.807) is 12.3 Å². The number of amidine groups is 1. The van der Waals surface area contributed by atoms with E-state index in [0.717, 1.165) is 29.3 Å². The fourth-order valence-electron chi connectivity index (χ4n) is 1.90. The van der Waals surface area contributed by atoms with E-state index in [9.17, 15) is 9.59 Å². The Labute approximate surface area is 136 Å². The van der Waals surface area contributed by atoms with Crippen LogP contribution in [-0.2, 0) is 16.0 Å². The molecule has 1 heterocycles. The van der Waals surface area contributed by atoms with Crippen LogP contribution >= 0.6 is 23.4 Å². The summed E-state index contributed by atoms with van der Waals surface area (Å²) in [6, 6.07) is 5.48. The minimum absolute atomic E-state index is 0.240. The van der Waals surface area contributed by atoms with Crippen molar-refractivity contribution in [2.75, 3.05) is 0 Å². The Kier molecular flexibility index (Phi) is 5.57. The molecule has 1 aromatic carbocycles.